The van der Waals surface area contributed by atoms with Gasteiger partial charge in [-0.3, -0.25) is 4.57 Å². The molecular weight excluding hydrogens is 298 g/mol. The molecule has 0 radical (unpaired) electrons. The van der Waals surface area contributed by atoms with E-state index in [-0.39, 0.29) is 6.04 Å². The lowest BCUT2D eigenvalue weighted by atomic mass is 9.98. The van der Waals surface area contributed by atoms with E-state index in [2.05, 4.69) is 60.1 Å². The van der Waals surface area contributed by atoms with Gasteiger partial charge in [-0.25, -0.2) is 4.98 Å². The number of anilines is 1. The summed E-state index contributed by atoms with van der Waals surface area (Å²) in [6.45, 7) is 4.24. The minimum Gasteiger partial charge on any atom is -0.497 e. The zero-order valence-corrected chi connectivity index (χ0v) is 14.2. The molecule has 1 N–H and O–H groups in total. The van der Waals surface area contributed by atoms with Gasteiger partial charge in [0.25, 0.3) is 0 Å². The number of methoxy groups -OCH3 is 1. The Labute approximate surface area is 142 Å². The molecule has 0 saturated carbocycles. The highest BCUT2D eigenvalue weighted by Crippen LogP contribution is 2.39. The van der Waals surface area contributed by atoms with Crippen LogP contribution < -0.4 is 10.1 Å². The molecule has 4 rings (SSSR count). The van der Waals surface area contributed by atoms with Gasteiger partial charge in [-0.1, -0.05) is 31.2 Å². The second kappa shape index (κ2) is 5.71. The average molecular weight is 319 g/mol. The summed E-state index contributed by atoms with van der Waals surface area (Å²) in [5, 5.41) is 3.68. The third-order valence-corrected chi connectivity index (χ3v) is 4.63. The number of para-hydroxylation sites is 2. The topological polar surface area (TPSA) is 39.1 Å². The lowest BCUT2D eigenvalue weighted by Crippen LogP contribution is -2.24. The molecule has 24 heavy (non-hydrogen) atoms. The monoisotopic (exact) mass is 319 g/mol. The van der Waals surface area contributed by atoms with Crippen molar-refractivity contribution in [1.29, 1.82) is 0 Å². The van der Waals surface area contributed by atoms with Gasteiger partial charge in [0, 0.05) is 6.42 Å². The van der Waals surface area contributed by atoms with Crippen molar-refractivity contribution in [2.75, 3.05) is 12.4 Å². The zero-order chi connectivity index (χ0) is 16.7. The maximum absolute atomic E-state index is 5.41. The third kappa shape index (κ3) is 2.18. The molecular formula is C20H21N3O. The van der Waals surface area contributed by atoms with Gasteiger partial charge in [0.2, 0.25) is 0 Å². The molecule has 0 saturated heterocycles. The molecule has 1 atom stereocenters. The molecule has 2 aromatic carbocycles. The first-order valence-corrected chi connectivity index (χ1v) is 8.31. The van der Waals surface area contributed by atoms with Gasteiger partial charge in [-0.2, -0.15) is 0 Å². The van der Waals surface area contributed by atoms with Gasteiger partial charge in [0.1, 0.15) is 11.6 Å². The standard InChI is InChI=1S/C20H21N3O/c1-4-18-21-13(2)20-19(14-8-7-9-15(12-14)24-3)22-16-10-5-6-11-17(16)23(18)20/h5-12,19,22H,4H2,1-3H3. The molecule has 0 fully saturated rings. The van der Waals surface area contributed by atoms with E-state index in [4.69, 9.17) is 9.72 Å². The average Bonchev–Trinajstić information content (AvgIpc) is 2.98. The summed E-state index contributed by atoms with van der Waals surface area (Å²) < 4.78 is 7.72. The van der Waals surface area contributed by atoms with Crippen molar-refractivity contribution in [3.63, 3.8) is 0 Å². The number of rotatable bonds is 3. The molecule has 1 unspecified atom stereocenters. The number of imidazole rings is 1. The Balaban J connectivity index is 1.94. The summed E-state index contributed by atoms with van der Waals surface area (Å²) in [4.78, 5) is 4.82. The first kappa shape index (κ1) is 14.8. The predicted molar refractivity (Wildman–Crippen MR) is 96.1 cm³/mol. The van der Waals surface area contributed by atoms with Crippen molar-refractivity contribution in [3.8, 4) is 11.4 Å². The molecule has 0 spiro atoms. The molecule has 122 valence electrons. The van der Waals surface area contributed by atoms with E-state index in [1.165, 1.54) is 16.9 Å². The van der Waals surface area contributed by atoms with Gasteiger partial charge in [-0.05, 0) is 36.8 Å². The van der Waals surface area contributed by atoms with Crippen molar-refractivity contribution < 1.29 is 4.74 Å². The second-order valence-corrected chi connectivity index (χ2v) is 6.06. The highest BCUT2D eigenvalue weighted by molar-refractivity contribution is 5.67. The number of aryl methyl sites for hydroxylation is 2. The van der Waals surface area contributed by atoms with E-state index in [9.17, 15) is 0 Å². The molecule has 1 aromatic heterocycles. The van der Waals surface area contributed by atoms with E-state index in [0.717, 1.165) is 29.4 Å². The number of hydrogen-bond acceptors (Lipinski definition) is 3. The highest BCUT2D eigenvalue weighted by Gasteiger charge is 2.30. The van der Waals surface area contributed by atoms with E-state index in [1.807, 2.05) is 12.1 Å². The van der Waals surface area contributed by atoms with Gasteiger partial charge < -0.3 is 10.1 Å². The molecule has 1 aliphatic heterocycles. The van der Waals surface area contributed by atoms with Crippen LogP contribution in [-0.4, -0.2) is 16.7 Å². The Bertz CT molecular complexity index is 898. The SMILES string of the molecule is CCc1nc(C)c2n1-c1ccccc1NC2c1cccc(OC)c1. The van der Waals surface area contributed by atoms with Crippen LogP contribution in [0.5, 0.6) is 5.75 Å². The summed E-state index contributed by atoms with van der Waals surface area (Å²) in [7, 11) is 1.70. The smallest absolute Gasteiger partial charge is 0.119 e. The first-order chi connectivity index (χ1) is 11.7. The number of fused-ring (bicyclic) bond motifs is 3. The van der Waals surface area contributed by atoms with Gasteiger partial charge in [0.05, 0.1) is 35.9 Å². The van der Waals surface area contributed by atoms with Crippen LogP contribution in [0.3, 0.4) is 0 Å². The zero-order valence-electron chi connectivity index (χ0n) is 14.2. The van der Waals surface area contributed by atoms with Crippen LogP contribution in [0.15, 0.2) is 48.5 Å². The maximum Gasteiger partial charge on any atom is 0.119 e. The molecule has 4 nitrogen and oxygen atoms in total. The molecule has 4 heteroatoms. The Morgan fingerprint density at radius 3 is 2.79 bits per heavy atom. The van der Waals surface area contributed by atoms with E-state index < -0.39 is 0 Å². The lowest BCUT2D eigenvalue weighted by Gasteiger charge is -2.30. The molecule has 0 aliphatic carbocycles. The highest BCUT2D eigenvalue weighted by atomic mass is 16.5. The molecule has 3 aromatic rings. The van der Waals surface area contributed by atoms with Gasteiger partial charge in [-0.15, -0.1) is 0 Å². The molecule has 0 bridgehead atoms. The lowest BCUT2D eigenvalue weighted by molar-refractivity contribution is 0.414. The molecule has 0 amide bonds. The third-order valence-electron chi connectivity index (χ3n) is 4.63. The fourth-order valence-electron chi connectivity index (χ4n) is 3.52. The molecule has 1 aliphatic rings. The van der Waals surface area contributed by atoms with Crippen molar-refractivity contribution in [2.45, 2.75) is 26.3 Å². The fraction of sp³-hybridized carbons (Fsp3) is 0.250. The number of ether oxygens (including phenoxy) is 1. The minimum atomic E-state index is 0.0581. The minimum absolute atomic E-state index is 0.0581. The van der Waals surface area contributed by atoms with Crippen molar-refractivity contribution in [2.24, 2.45) is 0 Å². The van der Waals surface area contributed by atoms with Crippen LogP contribution in [0.1, 0.15) is 35.7 Å². The van der Waals surface area contributed by atoms with Crippen LogP contribution in [0, 0.1) is 6.92 Å². The quantitative estimate of drug-likeness (QED) is 0.784. The van der Waals surface area contributed by atoms with Gasteiger partial charge >= 0.3 is 0 Å². The summed E-state index contributed by atoms with van der Waals surface area (Å²) in [5.41, 5.74) is 5.75. The predicted octanol–water partition coefficient (Wildman–Crippen LogP) is 4.27. The van der Waals surface area contributed by atoms with Crippen LogP contribution in [-0.2, 0) is 6.42 Å². The Morgan fingerprint density at radius 1 is 1.17 bits per heavy atom. The van der Waals surface area contributed by atoms with E-state index in [1.54, 1.807) is 7.11 Å². The van der Waals surface area contributed by atoms with Crippen molar-refractivity contribution in [1.82, 2.24) is 9.55 Å². The van der Waals surface area contributed by atoms with Gasteiger partial charge in [0.15, 0.2) is 0 Å². The fourth-order valence-corrected chi connectivity index (χ4v) is 3.52. The largest absolute Gasteiger partial charge is 0.497 e. The number of hydrogen-bond donors (Lipinski definition) is 1. The Hall–Kier alpha value is -2.75. The summed E-state index contributed by atoms with van der Waals surface area (Å²) in [5.74, 6) is 1.97. The van der Waals surface area contributed by atoms with Crippen LogP contribution in [0.25, 0.3) is 5.69 Å². The first-order valence-electron chi connectivity index (χ1n) is 8.31. The Morgan fingerprint density at radius 2 is 2.00 bits per heavy atom. The number of benzene rings is 2. The van der Waals surface area contributed by atoms with E-state index in [0.29, 0.717) is 0 Å². The van der Waals surface area contributed by atoms with Crippen LogP contribution >= 0.6 is 0 Å². The Kier molecular flexibility index (Phi) is 3.53. The number of nitrogens with one attached hydrogen (secondary N) is 1. The summed E-state index contributed by atoms with van der Waals surface area (Å²) >= 11 is 0. The molecule has 2 heterocycles. The summed E-state index contributed by atoms with van der Waals surface area (Å²) in [6, 6.07) is 16.7. The maximum atomic E-state index is 5.41. The van der Waals surface area contributed by atoms with Crippen molar-refractivity contribution in [3.05, 3.63) is 71.3 Å². The van der Waals surface area contributed by atoms with Crippen LogP contribution in [0.4, 0.5) is 5.69 Å². The normalized spacial score (nSPS) is 15.4. The van der Waals surface area contributed by atoms with Crippen LogP contribution in [0.2, 0.25) is 0 Å². The van der Waals surface area contributed by atoms with E-state index >= 15 is 0 Å². The number of nitrogens with zero attached hydrogens (tertiary/aromatic N) is 2. The summed E-state index contributed by atoms with van der Waals surface area (Å²) in [6.07, 6.45) is 0.903. The second-order valence-electron chi connectivity index (χ2n) is 6.06. The number of aromatic nitrogens is 2. The van der Waals surface area contributed by atoms with Crippen molar-refractivity contribution >= 4 is 5.69 Å².